The molecule has 2 aliphatic rings. The first kappa shape index (κ1) is 23.4. The van der Waals surface area contributed by atoms with Crippen molar-refractivity contribution in [3.8, 4) is 0 Å². The third-order valence-electron chi connectivity index (χ3n) is 6.28. The number of ether oxygens (including phenoxy) is 1. The Bertz CT molecular complexity index is 1060. The maximum atomic E-state index is 13.1. The Balaban J connectivity index is 1.54. The largest absolute Gasteiger partial charge is 0.385 e. The Morgan fingerprint density at radius 1 is 1.12 bits per heavy atom. The summed E-state index contributed by atoms with van der Waals surface area (Å²) in [6, 6.07) is 5.48. The molecule has 7 nitrogen and oxygen atoms in total. The highest BCUT2D eigenvalue weighted by atomic mass is 32.1. The van der Waals surface area contributed by atoms with Gasteiger partial charge in [-0.15, -0.1) is 11.3 Å². The molecule has 1 aromatic heterocycles. The minimum Gasteiger partial charge on any atom is -0.385 e. The number of aryl methyl sites for hydroxylation is 1. The number of rotatable bonds is 8. The lowest BCUT2D eigenvalue weighted by atomic mass is 9.95. The van der Waals surface area contributed by atoms with E-state index < -0.39 is 0 Å². The molecule has 33 heavy (non-hydrogen) atoms. The van der Waals surface area contributed by atoms with Crippen molar-refractivity contribution in [2.75, 3.05) is 37.0 Å². The van der Waals surface area contributed by atoms with Crippen molar-refractivity contribution in [1.82, 2.24) is 5.32 Å². The molecule has 176 valence electrons. The van der Waals surface area contributed by atoms with Gasteiger partial charge in [-0.25, -0.2) is 0 Å². The molecule has 2 heterocycles. The summed E-state index contributed by atoms with van der Waals surface area (Å²) in [5.74, 6) is -0.273. The molecule has 8 heteroatoms. The summed E-state index contributed by atoms with van der Waals surface area (Å²) in [4.78, 5) is 41.3. The third kappa shape index (κ3) is 4.96. The maximum Gasteiger partial charge on any atom is 0.256 e. The molecule has 0 fully saturated rings. The SMILES string of the molecule is CCC(=O)N1CCc2cc(C(=O)Nc3sc4c(c3C(=O)NCCCOC)CCCC4)ccc21. The summed E-state index contributed by atoms with van der Waals surface area (Å²) in [5, 5.41) is 6.62. The van der Waals surface area contributed by atoms with Gasteiger partial charge in [0.1, 0.15) is 5.00 Å². The summed E-state index contributed by atoms with van der Waals surface area (Å²) in [6.07, 6.45) is 5.91. The molecule has 2 aromatic rings. The van der Waals surface area contributed by atoms with Crippen molar-refractivity contribution >= 4 is 39.7 Å². The Morgan fingerprint density at radius 2 is 1.94 bits per heavy atom. The second-order valence-corrected chi connectivity index (χ2v) is 9.57. The number of anilines is 2. The minimum absolute atomic E-state index is 0.0938. The minimum atomic E-state index is -0.231. The van der Waals surface area contributed by atoms with Crippen molar-refractivity contribution in [3.63, 3.8) is 0 Å². The van der Waals surface area contributed by atoms with Crippen LogP contribution in [0, 0.1) is 0 Å². The average Bonchev–Trinajstić information content (AvgIpc) is 3.41. The highest BCUT2D eigenvalue weighted by molar-refractivity contribution is 7.17. The summed E-state index contributed by atoms with van der Waals surface area (Å²) in [7, 11) is 1.64. The fraction of sp³-hybridized carbons (Fsp3) is 0.480. The van der Waals surface area contributed by atoms with E-state index in [1.807, 2.05) is 19.1 Å². The molecule has 0 spiro atoms. The lowest BCUT2D eigenvalue weighted by molar-refractivity contribution is -0.118. The number of carbonyl (C=O) groups is 3. The van der Waals surface area contributed by atoms with Crippen LogP contribution >= 0.6 is 11.3 Å². The molecule has 1 aromatic carbocycles. The van der Waals surface area contributed by atoms with Crippen LogP contribution in [0.25, 0.3) is 0 Å². The van der Waals surface area contributed by atoms with Gasteiger partial charge in [-0.3, -0.25) is 14.4 Å². The van der Waals surface area contributed by atoms with Crippen molar-refractivity contribution < 1.29 is 19.1 Å². The molecule has 0 atom stereocenters. The number of nitrogens with one attached hydrogen (secondary N) is 2. The standard InChI is InChI=1S/C25H31N3O4S/c1-3-21(29)28-13-11-16-15-17(9-10-19(16)28)23(30)27-25-22(24(31)26-12-6-14-32-2)18-7-4-5-8-20(18)33-25/h9-10,15H,3-8,11-14H2,1-2H3,(H,26,31)(H,27,30). The monoisotopic (exact) mass is 469 g/mol. The summed E-state index contributed by atoms with van der Waals surface area (Å²) >= 11 is 1.52. The van der Waals surface area contributed by atoms with Gasteiger partial charge >= 0.3 is 0 Å². The molecular weight excluding hydrogens is 438 g/mol. The predicted octanol–water partition coefficient (Wildman–Crippen LogP) is 3.94. The number of fused-ring (bicyclic) bond motifs is 2. The summed E-state index contributed by atoms with van der Waals surface area (Å²) in [5.41, 5.74) is 4.12. The zero-order valence-electron chi connectivity index (χ0n) is 19.3. The van der Waals surface area contributed by atoms with E-state index in [4.69, 9.17) is 4.74 Å². The molecule has 1 aliphatic heterocycles. The van der Waals surface area contributed by atoms with Gasteiger partial charge in [-0.2, -0.15) is 0 Å². The quantitative estimate of drug-likeness (QED) is 0.573. The summed E-state index contributed by atoms with van der Waals surface area (Å²) < 4.78 is 5.06. The fourth-order valence-electron chi connectivity index (χ4n) is 4.57. The number of amides is 3. The molecule has 2 N–H and O–H groups in total. The van der Waals surface area contributed by atoms with Crippen LogP contribution in [0.3, 0.4) is 0 Å². The van der Waals surface area contributed by atoms with E-state index in [-0.39, 0.29) is 17.7 Å². The topological polar surface area (TPSA) is 87.7 Å². The lowest BCUT2D eigenvalue weighted by Gasteiger charge is -2.16. The van der Waals surface area contributed by atoms with E-state index >= 15 is 0 Å². The van der Waals surface area contributed by atoms with Gasteiger partial charge in [0.25, 0.3) is 11.8 Å². The number of methoxy groups -OCH3 is 1. The Hall–Kier alpha value is -2.71. The number of nitrogens with zero attached hydrogens (tertiary/aromatic N) is 1. The van der Waals surface area contributed by atoms with E-state index in [2.05, 4.69) is 10.6 Å². The van der Waals surface area contributed by atoms with Crippen molar-refractivity contribution in [2.24, 2.45) is 0 Å². The highest BCUT2D eigenvalue weighted by Crippen LogP contribution is 2.38. The van der Waals surface area contributed by atoms with E-state index in [9.17, 15) is 14.4 Å². The number of hydrogen-bond acceptors (Lipinski definition) is 5. The van der Waals surface area contributed by atoms with Gasteiger partial charge in [0.2, 0.25) is 5.91 Å². The Morgan fingerprint density at radius 3 is 2.73 bits per heavy atom. The van der Waals surface area contributed by atoms with Crippen LogP contribution in [0.4, 0.5) is 10.7 Å². The van der Waals surface area contributed by atoms with Gasteiger partial charge in [-0.1, -0.05) is 6.92 Å². The van der Waals surface area contributed by atoms with E-state index in [1.54, 1.807) is 18.1 Å². The average molecular weight is 470 g/mol. The molecule has 0 unspecified atom stereocenters. The van der Waals surface area contributed by atoms with Crippen LogP contribution in [0.15, 0.2) is 18.2 Å². The molecule has 4 rings (SSSR count). The van der Waals surface area contributed by atoms with Crippen LogP contribution in [-0.4, -0.2) is 44.5 Å². The first-order chi connectivity index (χ1) is 16.0. The van der Waals surface area contributed by atoms with Crippen molar-refractivity contribution in [1.29, 1.82) is 0 Å². The first-order valence-electron chi connectivity index (χ1n) is 11.7. The maximum absolute atomic E-state index is 13.1. The van der Waals surface area contributed by atoms with Crippen LogP contribution in [0.1, 0.15) is 69.3 Å². The first-order valence-corrected chi connectivity index (χ1v) is 12.5. The molecule has 0 bridgehead atoms. The molecule has 0 saturated carbocycles. The highest BCUT2D eigenvalue weighted by Gasteiger charge is 2.28. The van der Waals surface area contributed by atoms with Crippen molar-refractivity contribution in [3.05, 3.63) is 45.3 Å². The number of benzene rings is 1. The van der Waals surface area contributed by atoms with Gasteiger partial charge in [0.05, 0.1) is 5.56 Å². The van der Waals surface area contributed by atoms with E-state index in [1.165, 1.54) is 16.2 Å². The normalized spacial score (nSPS) is 14.5. The van der Waals surface area contributed by atoms with E-state index in [0.29, 0.717) is 42.2 Å². The Kier molecular flexibility index (Phi) is 7.45. The van der Waals surface area contributed by atoms with Gasteiger partial charge in [0, 0.05) is 49.4 Å². The number of hydrogen-bond donors (Lipinski definition) is 2. The van der Waals surface area contributed by atoms with E-state index in [0.717, 1.165) is 55.3 Å². The predicted molar refractivity (Wildman–Crippen MR) is 131 cm³/mol. The number of thiophene rings is 1. The van der Waals surface area contributed by atoms with Crippen LogP contribution < -0.4 is 15.5 Å². The third-order valence-corrected chi connectivity index (χ3v) is 7.48. The van der Waals surface area contributed by atoms with Crippen LogP contribution in [-0.2, 0) is 28.8 Å². The van der Waals surface area contributed by atoms with Gasteiger partial charge < -0.3 is 20.3 Å². The second kappa shape index (κ2) is 10.5. The van der Waals surface area contributed by atoms with Crippen LogP contribution in [0.2, 0.25) is 0 Å². The zero-order chi connectivity index (χ0) is 23.4. The fourth-order valence-corrected chi connectivity index (χ4v) is 5.85. The second-order valence-electron chi connectivity index (χ2n) is 8.46. The van der Waals surface area contributed by atoms with Crippen LogP contribution in [0.5, 0.6) is 0 Å². The molecule has 3 amide bonds. The Labute approximate surface area is 198 Å². The summed E-state index contributed by atoms with van der Waals surface area (Å²) in [6.45, 7) is 3.62. The molecule has 0 saturated heterocycles. The molecular formula is C25H31N3O4S. The molecule has 0 radical (unpaired) electrons. The van der Waals surface area contributed by atoms with Gasteiger partial charge in [-0.05, 0) is 67.9 Å². The number of carbonyl (C=O) groups excluding carboxylic acids is 3. The smallest absolute Gasteiger partial charge is 0.256 e. The molecule has 1 aliphatic carbocycles. The van der Waals surface area contributed by atoms with Crippen molar-refractivity contribution in [2.45, 2.75) is 51.9 Å². The zero-order valence-corrected chi connectivity index (χ0v) is 20.1. The van der Waals surface area contributed by atoms with Gasteiger partial charge in [0.15, 0.2) is 0 Å². The lowest BCUT2D eigenvalue weighted by Crippen LogP contribution is -2.28.